The summed E-state index contributed by atoms with van der Waals surface area (Å²) in [5, 5.41) is 23.1. The number of hydrogen-bond acceptors (Lipinski definition) is 4. The molecule has 0 heterocycles. The van der Waals surface area contributed by atoms with Crippen LogP contribution in [0.15, 0.2) is 18.2 Å². The maximum atomic E-state index is 10.7. The normalized spacial score (nSPS) is 14.1. The summed E-state index contributed by atoms with van der Waals surface area (Å²) < 4.78 is 0. The number of nitro benzene ring substituents is 1. The van der Waals surface area contributed by atoms with E-state index >= 15 is 0 Å². The standard InChI is InChI=1S/C12H18N2O3/c1-8-4-11(7-12(5-8)14(16)17)13-9(2)6-10(3)15/h4-5,7,9-10,13,15H,6H2,1-3H3. The van der Waals surface area contributed by atoms with Crippen molar-refractivity contribution < 1.29 is 10.0 Å². The van der Waals surface area contributed by atoms with Crippen LogP contribution in [0.4, 0.5) is 11.4 Å². The van der Waals surface area contributed by atoms with Crippen LogP contribution in [-0.4, -0.2) is 22.2 Å². The molecule has 94 valence electrons. The number of hydrogen-bond donors (Lipinski definition) is 2. The summed E-state index contributed by atoms with van der Waals surface area (Å²) >= 11 is 0. The summed E-state index contributed by atoms with van der Waals surface area (Å²) in [5.74, 6) is 0. The van der Waals surface area contributed by atoms with Gasteiger partial charge in [0.25, 0.3) is 5.69 Å². The number of nitrogens with one attached hydrogen (secondary N) is 1. The highest BCUT2D eigenvalue weighted by molar-refractivity contribution is 5.54. The molecular formula is C12H18N2O3. The first-order valence-electron chi connectivity index (χ1n) is 5.59. The van der Waals surface area contributed by atoms with Gasteiger partial charge in [0.05, 0.1) is 11.0 Å². The molecule has 1 aromatic rings. The van der Waals surface area contributed by atoms with E-state index in [1.54, 1.807) is 6.92 Å². The van der Waals surface area contributed by atoms with E-state index in [9.17, 15) is 15.2 Å². The minimum Gasteiger partial charge on any atom is -0.393 e. The van der Waals surface area contributed by atoms with Crippen molar-refractivity contribution in [3.8, 4) is 0 Å². The Kier molecular flexibility index (Phi) is 4.45. The van der Waals surface area contributed by atoms with Crippen LogP contribution in [-0.2, 0) is 0 Å². The van der Waals surface area contributed by atoms with Gasteiger partial charge in [-0.05, 0) is 38.8 Å². The fraction of sp³-hybridized carbons (Fsp3) is 0.500. The zero-order valence-corrected chi connectivity index (χ0v) is 10.3. The zero-order valence-electron chi connectivity index (χ0n) is 10.3. The van der Waals surface area contributed by atoms with Gasteiger partial charge in [0, 0.05) is 23.9 Å². The molecule has 2 N–H and O–H groups in total. The molecule has 1 aromatic carbocycles. The van der Waals surface area contributed by atoms with E-state index in [0.29, 0.717) is 12.1 Å². The third-order valence-corrected chi connectivity index (χ3v) is 2.38. The smallest absolute Gasteiger partial charge is 0.271 e. The van der Waals surface area contributed by atoms with Crippen LogP contribution in [0.25, 0.3) is 0 Å². The molecule has 0 radical (unpaired) electrons. The van der Waals surface area contributed by atoms with E-state index in [2.05, 4.69) is 5.32 Å². The first kappa shape index (κ1) is 13.4. The van der Waals surface area contributed by atoms with Crippen molar-refractivity contribution in [3.63, 3.8) is 0 Å². The van der Waals surface area contributed by atoms with Gasteiger partial charge in [0.1, 0.15) is 0 Å². The average Bonchev–Trinajstić information content (AvgIpc) is 2.14. The first-order valence-corrected chi connectivity index (χ1v) is 5.59. The Morgan fingerprint density at radius 1 is 1.41 bits per heavy atom. The summed E-state index contributed by atoms with van der Waals surface area (Å²) in [6, 6.07) is 4.96. The lowest BCUT2D eigenvalue weighted by atomic mass is 10.1. The van der Waals surface area contributed by atoms with E-state index in [1.807, 2.05) is 19.9 Å². The third-order valence-electron chi connectivity index (χ3n) is 2.38. The van der Waals surface area contributed by atoms with E-state index in [0.717, 1.165) is 5.56 Å². The highest BCUT2D eigenvalue weighted by Crippen LogP contribution is 2.21. The maximum absolute atomic E-state index is 10.7. The summed E-state index contributed by atoms with van der Waals surface area (Å²) in [7, 11) is 0. The van der Waals surface area contributed by atoms with Crippen molar-refractivity contribution in [2.45, 2.75) is 39.3 Å². The fourth-order valence-electron chi connectivity index (χ4n) is 1.81. The van der Waals surface area contributed by atoms with E-state index < -0.39 is 11.0 Å². The number of benzene rings is 1. The zero-order chi connectivity index (χ0) is 13.0. The molecule has 0 saturated heterocycles. The average molecular weight is 238 g/mol. The molecule has 0 aliphatic carbocycles. The Morgan fingerprint density at radius 3 is 2.59 bits per heavy atom. The van der Waals surface area contributed by atoms with Crippen molar-refractivity contribution in [1.82, 2.24) is 0 Å². The Balaban J connectivity index is 2.80. The number of aliphatic hydroxyl groups excluding tert-OH is 1. The Morgan fingerprint density at radius 2 is 2.06 bits per heavy atom. The molecule has 5 nitrogen and oxygen atoms in total. The summed E-state index contributed by atoms with van der Waals surface area (Å²) in [4.78, 5) is 10.3. The Labute approximate surface area is 101 Å². The third kappa shape index (κ3) is 4.40. The Bertz CT molecular complexity index is 405. The number of nitrogens with zero attached hydrogens (tertiary/aromatic N) is 1. The second-order valence-corrected chi connectivity index (χ2v) is 4.44. The van der Waals surface area contributed by atoms with Crippen molar-refractivity contribution in [3.05, 3.63) is 33.9 Å². The molecule has 17 heavy (non-hydrogen) atoms. The van der Waals surface area contributed by atoms with Gasteiger partial charge in [0.15, 0.2) is 0 Å². The van der Waals surface area contributed by atoms with Crippen molar-refractivity contribution in [1.29, 1.82) is 0 Å². The number of aryl methyl sites for hydroxylation is 1. The van der Waals surface area contributed by atoms with E-state index in [1.165, 1.54) is 12.1 Å². The van der Waals surface area contributed by atoms with E-state index in [-0.39, 0.29) is 11.7 Å². The fourth-order valence-corrected chi connectivity index (χ4v) is 1.81. The lowest BCUT2D eigenvalue weighted by Gasteiger charge is -2.16. The van der Waals surface area contributed by atoms with Gasteiger partial charge in [-0.15, -0.1) is 0 Å². The summed E-state index contributed by atoms with van der Waals surface area (Å²) in [6.07, 6.45) is 0.208. The van der Waals surface area contributed by atoms with Gasteiger partial charge in [-0.2, -0.15) is 0 Å². The molecule has 2 atom stereocenters. The van der Waals surface area contributed by atoms with Crippen LogP contribution in [0.1, 0.15) is 25.8 Å². The molecule has 0 bridgehead atoms. The largest absolute Gasteiger partial charge is 0.393 e. The second kappa shape index (κ2) is 5.63. The number of aliphatic hydroxyl groups is 1. The highest BCUT2D eigenvalue weighted by atomic mass is 16.6. The highest BCUT2D eigenvalue weighted by Gasteiger charge is 2.10. The Hall–Kier alpha value is -1.62. The molecule has 0 fully saturated rings. The molecule has 5 heteroatoms. The van der Waals surface area contributed by atoms with Crippen LogP contribution >= 0.6 is 0 Å². The topological polar surface area (TPSA) is 75.4 Å². The SMILES string of the molecule is Cc1cc(NC(C)CC(C)O)cc([N+](=O)[O-])c1. The van der Waals surface area contributed by atoms with Gasteiger partial charge in [0.2, 0.25) is 0 Å². The van der Waals surface area contributed by atoms with Gasteiger partial charge in [-0.25, -0.2) is 0 Å². The molecular weight excluding hydrogens is 220 g/mol. The lowest BCUT2D eigenvalue weighted by molar-refractivity contribution is -0.384. The molecule has 2 unspecified atom stereocenters. The van der Waals surface area contributed by atoms with Crippen molar-refractivity contribution >= 4 is 11.4 Å². The van der Waals surface area contributed by atoms with Crippen LogP contribution in [0.5, 0.6) is 0 Å². The van der Waals surface area contributed by atoms with Crippen molar-refractivity contribution in [2.75, 3.05) is 5.32 Å². The maximum Gasteiger partial charge on any atom is 0.271 e. The number of rotatable bonds is 5. The molecule has 0 saturated carbocycles. The number of anilines is 1. The van der Waals surface area contributed by atoms with Crippen LogP contribution in [0, 0.1) is 17.0 Å². The first-order chi connectivity index (χ1) is 7.88. The summed E-state index contributed by atoms with van der Waals surface area (Å²) in [5.41, 5.74) is 1.63. The minimum atomic E-state index is -0.405. The monoisotopic (exact) mass is 238 g/mol. The van der Waals surface area contributed by atoms with Crippen LogP contribution in [0.3, 0.4) is 0 Å². The molecule has 0 aliphatic heterocycles. The predicted molar refractivity (Wildman–Crippen MR) is 67.2 cm³/mol. The molecule has 1 rings (SSSR count). The number of non-ortho nitro benzene ring substituents is 1. The molecule has 0 amide bonds. The molecule has 0 aromatic heterocycles. The van der Waals surface area contributed by atoms with Crippen molar-refractivity contribution in [2.24, 2.45) is 0 Å². The van der Waals surface area contributed by atoms with Gasteiger partial charge < -0.3 is 10.4 Å². The van der Waals surface area contributed by atoms with E-state index in [4.69, 9.17) is 0 Å². The molecule has 0 aliphatic rings. The molecule has 0 spiro atoms. The second-order valence-electron chi connectivity index (χ2n) is 4.44. The number of nitro groups is 1. The van der Waals surface area contributed by atoms with Gasteiger partial charge in [-0.1, -0.05) is 0 Å². The quantitative estimate of drug-likeness (QED) is 0.610. The van der Waals surface area contributed by atoms with Crippen LogP contribution < -0.4 is 5.32 Å². The summed E-state index contributed by atoms with van der Waals surface area (Å²) in [6.45, 7) is 5.47. The minimum absolute atomic E-state index is 0.0661. The van der Waals surface area contributed by atoms with Gasteiger partial charge in [-0.3, -0.25) is 10.1 Å². The van der Waals surface area contributed by atoms with Gasteiger partial charge >= 0.3 is 0 Å². The lowest BCUT2D eigenvalue weighted by Crippen LogP contribution is -2.20. The predicted octanol–water partition coefficient (Wildman–Crippen LogP) is 2.47. The van der Waals surface area contributed by atoms with Crippen LogP contribution in [0.2, 0.25) is 0 Å².